The number of hydrogen-bond acceptors (Lipinski definition) is 6. The summed E-state index contributed by atoms with van der Waals surface area (Å²) >= 11 is 0. The van der Waals surface area contributed by atoms with Crippen LogP contribution in [0.2, 0.25) is 0 Å². The number of methoxy groups -OCH3 is 1. The van der Waals surface area contributed by atoms with Gasteiger partial charge in [-0.15, -0.1) is 0 Å². The van der Waals surface area contributed by atoms with E-state index in [4.69, 9.17) is 9.47 Å². The lowest BCUT2D eigenvalue weighted by molar-refractivity contribution is -0.137. The van der Waals surface area contributed by atoms with E-state index in [1.807, 2.05) is 55.5 Å². The van der Waals surface area contributed by atoms with Gasteiger partial charge in [-0.25, -0.2) is 4.79 Å². The minimum absolute atomic E-state index is 0.0141. The maximum absolute atomic E-state index is 13.3. The smallest absolute Gasteiger partial charge is 0.343 e. The number of amides is 2. The molecular formula is C39H34N2O7. The molecule has 2 amide bonds. The second kappa shape index (κ2) is 15.4. The molecule has 0 saturated carbocycles. The van der Waals surface area contributed by atoms with Crippen molar-refractivity contribution in [3.05, 3.63) is 149 Å². The Balaban J connectivity index is 1.17. The predicted molar refractivity (Wildman–Crippen MR) is 182 cm³/mol. The van der Waals surface area contributed by atoms with Crippen molar-refractivity contribution in [1.29, 1.82) is 0 Å². The molecule has 9 nitrogen and oxygen atoms in total. The van der Waals surface area contributed by atoms with Crippen LogP contribution in [0.5, 0.6) is 11.5 Å². The highest BCUT2D eigenvalue weighted by molar-refractivity contribution is 5.97. The van der Waals surface area contributed by atoms with E-state index in [0.717, 1.165) is 16.7 Å². The number of benzene rings is 5. The van der Waals surface area contributed by atoms with Crippen LogP contribution in [0.15, 0.2) is 121 Å². The van der Waals surface area contributed by atoms with E-state index in [2.05, 4.69) is 5.32 Å². The van der Waals surface area contributed by atoms with Gasteiger partial charge in [-0.05, 0) is 89.8 Å². The number of ether oxygens (including phenoxy) is 2. The van der Waals surface area contributed by atoms with Crippen LogP contribution in [0.1, 0.15) is 37.4 Å². The van der Waals surface area contributed by atoms with Gasteiger partial charge < -0.3 is 24.8 Å². The summed E-state index contributed by atoms with van der Waals surface area (Å²) in [5, 5.41) is 12.3. The van der Waals surface area contributed by atoms with E-state index >= 15 is 0 Å². The number of esters is 1. The van der Waals surface area contributed by atoms with Gasteiger partial charge in [0.1, 0.15) is 18.0 Å². The minimum atomic E-state index is -1.16. The molecule has 0 aliphatic rings. The molecule has 0 aliphatic carbocycles. The van der Waals surface area contributed by atoms with Crippen LogP contribution in [0.4, 0.5) is 5.69 Å². The fraction of sp³-hybridized carbons (Fsp3) is 0.128. The van der Waals surface area contributed by atoms with Crippen molar-refractivity contribution in [2.75, 3.05) is 19.0 Å². The first-order valence-corrected chi connectivity index (χ1v) is 15.2. The summed E-state index contributed by atoms with van der Waals surface area (Å²) in [6.07, 6.45) is 0.163. The Kier molecular flexibility index (Phi) is 10.6. The molecule has 0 fully saturated rings. The number of hydrogen-bond donors (Lipinski definition) is 2. The average Bonchev–Trinajstić information content (AvgIpc) is 3.09. The zero-order valence-corrected chi connectivity index (χ0v) is 26.5. The van der Waals surface area contributed by atoms with Gasteiger partial charge in [0.05, 0.1) is 19.1 Å². The van der Waals surface area contributed by atoms with Gasteiger partial charge in [-0.2, -0.15) is 0 Å². The van der Waals surface area contributed by atoms with E-state index in [1.165, 1.54) is 22.6 Å². The number of carbonyl (C=O) groups is 4. The first-order valence-electron chi connectivity index (χ1n) is 15.2. The molecule has 0 heterocycles. The molecule has 0 atom stereocenters. The normalized spacial score (nSPS) is 10.5. The number of aliphatic carboxylic acids is 1. The molecule has 0 radical (unpaired) electrons. The molecule has 242 valence electrons. The first kappa shape index (κ1) is 33.2. The Labute approximate surface area is 278 Å². The van der Waals surface area contributed by atoms with Crippen LogP contribution >= 0.6 is 0 Å². The molecule has 5 rings (SSSR count). The Morgan fingerprint density at radius 3 is 1.79 bits per heavy atom. The zero-order valence-electron chi connectivity index (χ0n) is 26.5. The summed E-state index contributed by atoms with van der Waals surface area (Å²) in [7, 11) is 1.57. The maximum atomic E-state index is 13.3. The van der Waals surface area contributed by atoms with Crippen LogP contribution in [0.25, 0.3) is 11.1 Å². The topological polar surface area (TPSA) is 122 Å². The van der Waals surface area contributed by atoms with Crippen molar-refractivity contribution in [2.24, 2.45) is 0 Å². The van der Waals surface area contributed by atoms with E-state index in [9.17, 15) is 24.3 Å². The fourth-order valence-electron chi connectivity index (χ4n) is 4.97. The summed E-state index contributed by atoms with van der Waals surface area (Å²) in [5.74, 6) is -1.38. The molecule has 5 aromatic rings. The lowest BCUT2D eigenvalue weighted by atomic mass is 10.0. The number of rotatable bonds is 12. The molecule has 5 aromatic carbocycles. The average molecular weight is 643 g/mol. The van der Waals surface area contributed by atoms with Gasteiger partial charge in [-0.3, -0.25) is 14.4 Å². The number of carbonyl (C=O) groups excluding carboxylic acids is 3. The van der Waals surface area contributed by atoms with Crippen LogP contribution < -0.4 is 14.8 Å². The van der Waals surface area contributed by atoms with Crippen LogP contribution in [0.3, 0.4) is 0 Å². The highest BCUT2D eigenvalue weighted by atomic mass is 16.5. The highest BCUT2D eigenvalue weighted by Gasteiger charge is 2.20. The van der Waals surface area contributed by atoms with Crippen molar-refractivity contribution in [3.8, 4) is 22.6 Å². The molecule has 0 bridgehead atoms. The highest BCUT2D eigenvalue weighted by Crippen LogP contribution is 2.22. The van der Waals surface area contributed by atoms with Crippen molar-refractivity contribution >= 4 is 29.4 Å². The van der Waals surface area contributed by atoms with Gasteiger partial charge in [0.15, 0.2) is 0 Å². The molecule has 9 heteroatoms. The number of anilines is 1. The Hall–Kier alpha value is -6.22. The van der Waals surface area contributed by atoms with E-state index < -0.39 is 24.4 Å². The zero-order chi connectivity index (χ0) is 34.0. The fourth-order valence-corrected chi connectivity index (χ4v) is 4.97. The number of carboxylic acids is 1. The van der Waals surface area contributed by atoms with Gasteiger partial charge in [0.25, 0.3) is 5.91 Å². The van der Waals surface area contributed by atoms with Crippen molar-refractivity contribution < 1.29 is 33.8 Å². The number of aryl methyl sites for hydroxylation is 1. The Morgan fingerprint density at radius 1 is 0.667 bits per heavy atom. The van der Waals surface area contributed by atoms with Gasteiger partial charge >= 0.3 is 11.9 Å². The second-order valence-corrected chi connectivity index (χ2v) is 11.2. The molecular weight excluding hydrogens is 608 g/mol. The van der Waals surface area contributed by atoms with E-state index in [-0.39, 0.29) is 24.4 Å². The third-order valence-electron chi connectivity index (χ3n) is 7.57. The van der Waals surface area contributed by atoms with Gasteiger partial charge in [0, 0.05) is 17.8 Å². The lowest BCUT2D eigenvalue weighted by Gasteiger charge is -2.21. The maximum Gasteiger partial charge on any atom is 0.343 e. The molecule has 0 spiro atoms. The van der Waals surface area contributed by atoms with Crippen LogP contribution in [-0.2, 0) is 22.6 Å². The summed E-state index contributed by atoms with van der Waals surface area (Å²) in [5.41, 5.74) is 5.84. The summed E-state index contributed by atoms with van der Waals surface area (Å²) in [6.45, 7) is 1.52. The third kappa shape index (κ3) is 8.95. The quantitative estimate of drug-likeness (QED) is 0.113. The largest absolute Gasteiger partial charge is 0.497 e. The van der Waals surface area contributed by atoms with E-state index in [0.29, 0.717) is 28.3 Å². The molecule has 0 aliphatic heterocycles. The standard InChI is InChI=1S/C39H34N2O7/c1-26-3-9-29(10-4-26)30-11-13-32(14-12-30)39(46)48-35-21-7-28(8-22-35)24-41(25-37(43)44)38(45)31-15-17-33(18-16-31)40-36(42)23-27-5-19-34(47-2)20-6-27/h3-22H,23-25H2,1-2H3,(H,40,42)(H,43,44). The monoisotopic (exact) mass is 642 g/mol. The van der Waals surface area contributed by atoms with Crippen molar-refractivity contribution in [2.45, 2.75) is 19.9 Å². The van der Waals surface area contributed by atoms with Gasteiger partial charge in [-0.1, -0.05) is 66.2 Å². The SMILES string of the molecule is COc1ccc(CC(=O)Nc2ccc(C(=O)N(CC(=O)O)Cc3ccc(OC(=O)c4ccc(-c5ccc(C)cc5)cc4)cc3)cc2)cc1. The minimum Gasteiger partial charge on any atom is -0.497 e. The molecule has 0 saturated heterocycles. The van der Waals surface area contributed by atoms with Gasteiger partial charge in [0.2, 0.25) is 5.91 Å². The molecule has 0 aromatic heterocycles. The predicted octanol–water partition coefficient (Wildman–Crippen LogP) is 6.80. The van der Waals surface area contributed by atoms with Crippen LogP contribution in [0, 0.1) is 6.92 Å². The number of nitrogens with one attached hydrogen (secondary N) is 1. The number of carboxylic acid groups (broad SMARTS) is 1. The van der Waals surface area contributed by atoms with Crippen molar-refractivity contribution in [3.63, 3.8) is 0 Å². The second-order valence-electron chi connectivity index (χ2n) is 11.2. The molecule has 0 unspecified atom stereocenters. The van der Waals surface area contributed by atoms with Crippen molar-refractivity contribution in [1.82, 2.24) is 4.90 Å². The third-order valence-corrected chi connectivity index (χ3v) is 7.57. The summed E-state index contributed by atoms with van der Waals surface area (Å²) in [6, 6.07) is 35.3. The first-order chi connectivity index (χ1) is 23.2. The summed E-state index contributed by atoms with van der Waals surface area (Å²) in [4.78, 5) is 51.4. The van der Waals surface area contributed by atoms with Crippen LogP contribution in [-0.4, -0.2) is 47.4 Å². The van der Waals surface area contributed by atoms with E-state index in [1.54, 1.807) is 67.8 Å². The summed E-state index contributed by atoms with van der Waals surface area (Å²) < 4.78 is 10.7. The molecule has 48 heavy (non-hydrogen) atoms. The Bertz CT molecular complexity index is 1880. The lowest BCUT2D eigenvalue weighted by Crippen LogP contribution is -2.35. The number of nitrogens with zero attached hydrogens (tertiary/aromatic N) is 1. The molecule has 2 N–H and O–H groups in total. The Morgan fingerprint density at radius 2 is 1.21 bits per heavy atom.